The predicted molar refractivity (Wildman–Crippen MR) is 58.7 cm³/mol. The van der Waals surface area contributed by atoms with Crippen molar-refractivity contribution in [2.24, 2.45) is 0 Å². The van der Waals surface area contributed by atoms with Crippen molar-refractivity contribution in [2.75, 3.05) is 11.9 Å². The molecule has 14 heavy (non-hydrogen) atoms. The molecule has 2 N–H and O–H groups in total. The maximum atomic E-state index is 9.05. The number of anilines is 1. The summed E-state index contributed by atoms with van der Waals surface area (Å²) in [5.41, 5.74) is 3.91. The minimum Gasteiger partial charge on any atom is -0.394 e. The summed E-state index contributed by atoms with van der Waals surface area (Å²) >= 11 is 0. The molecular weight excluding hydrogens is 174 g/mol. The Morgan fingerprint density at radius 1 is 1.50 bits per heavy atom. The molecule has 0 radical (unpaired) electrons. The quantitative estimate of drug-likeness (QED) is 0.750. The zero-order valence-electron chi connectivity index (χ0n) is 8.75. The molecule has 0 aliphatic carbocycles. The highest BCUT2D eigenvalue weighted by molar-refractivity contribution is 5.58. The normalized spacial score (nSPS) is 19.6. The van der Waals surface area contributed by atoms with Gasteiger partial charge in [-0.2, -0.15) is 0 Å². The first-order valence-electron chi connectivity index (χ1n) is 5.21. The van der Waals surface area contributed by atoms with E-state index in [4.69, 9.17) is 5.11 Å². The van der Waals surface area contributed by atoms with E-state index in [1.165, 1.54) is 16.8 Å². The van der Waals surface area contributed by atoms with Gasteiger partial charge in [-0.3, -0.25) is 0 Å². The number of nitrogens with one attached hydrogen (secondary N) is 1. The number of aliphatic hydroxyl groups is 1. The Kier molecular flexibility index (Phi) is 2.46. The smallest absolute Gasteiger partial charge is 0.0636 e. The molecule has 1 aliphatic heterocycles. The van der Waals surface area contributed by atoms with Crippen molar-refractivity contribution in [1.82, 2.24) is 0 Å². The molecule has 0 fully saturated rings. The second-order valence-electron chi connectivity index (χ2n) is 4.30. The number of benzene rings is 1. The fraction of sp³-hybridized carbons (Fsp3) is 0.500. The van der Waals surface area contributed by atoms with E-state index in [2.05, 4.69) is 37.4 Å². The van der Waals surface area contributed by atoms with E-state index < -0.39 is 0 Å². The molecule has 1 aliphatic rings. The Morgan fingerprint density at radius 3 is 2.93 bits per heavy atom. The Bertz CT molecular complexity index is 333. The van der Waals surface area contributed by atoms with Gasteiger partial charge >= 0.3 is 0 Å². The van der Waals surface area contributed by atoms with Crippen molar-refractivity contribution in [3.8, 4) is 0 Å². The van der Waals surface area contributed by atoms with Crippen molar-refractivity contribution >= 4 is 5.69 Å². The molecule has 1 atom stereocenters. The fourth-order valence-electron chi connectivity index (χ4n) is 1.93. The highest BCUT2D eigenvalue weighted by Crippen LogP contribution is 2.28. The summed E-state index contributed by atoms with van der Waals surface area (Å²) < 4.78 is 0. The molecule has 2 heteroatoms. The fourth-order valence-corrected chi connectivity index (χ4v) is 1.93. The summed E-state index contributed by atoms with van der Waals surface area (Å²) in [5, 5.41) is 12.4. The summed E-state index contributed by atoms with van der Waals surface area (Å²) in [7, 11) is 0. The highest BCUT2D eigenvalue weighted by atomic mass is 16.3. The first-order valence-corrected chi connectivity index (χ1v) is 5.21. The van der Waals surface area contributed by atoms with Crippen LogP contribution in [-0.4, -0.2) is 17.8 Å². The largest absolute Gasteiger partial charge is 0.394 e. The van der Waals surface area contributed by atoms with Crippen LogP contribution in [0.4, 0.5) is 5.69 Å². The number of fused-ring (bicyclic) bond motifs is 1. The van der Waals surface area contributed by atoms with E-state index in [1.807, 2.05) is 0 Å². The van der Waals surface area contributed by atoms with Crippen LogP contribution in [0, 0.1) is 0 Å². The summed E-state index contributed by atoms with van der Waals surface area (Å²) in [4.78, 5) is 0. The third-order valence-corrected chi connectivity index (χ3v) is 2.84. The lowest BCUT2D eigenvalue weighted by Gasteiger charge is -2.07. The van der Waals surface area contributed by atoms with E-state index in [1.54, 1.807) is 0 Å². The summed E-state index contributed by atoms with van der Waals surface area (Å²) in [6.07, 6.45) is 0.951. The molecule has 76 valence electrons. The van der Waals surface area contributed by atoms with E-state index >= 15 is 0 Å². The van der Waals surface area contributed by atoms with Gasteiger partial charge in [-0.05, 0) is 29.5 Å². The van der Waals surface area contributed by atoms with Crippen LogP contribution in [0.5, 0.6) is 0 Å². The van der Waals surface area contributed by atoms with Crippen molar-refractivity contribution in [1.29, 1.82) is 0 Å². The van der Waals surface area contributed by atoms with Gasteiger partial charge in [-0.25, -0.2) is 0 Å². The number of hydrogen-bond donors (Lipinski definition) is 2. The topological polar surface area (TPSA) is 32.3 Å². The first-order chi connectivity index (χ1) is 6.70. The zero-order chi connectivity index (χ0) is 10.1. The third kappa shape index (κ3) is 1.62. The molecule has 1 aromatic carbocycles. The van der Waals surface area contributed by atoms with Crippen LogP contribution in [0.1, 0.15) is 30.9 Å². The molecule has 0 bridgehead atoms. The minimum atomic E-state index is 0.214. The lowest BCUT2D eigenvalue weighted by Crippen LogP contribution is -2.19. The summed E-state index contributed by atoms with van der Waals surface area (Å²) in [6.45, 7) is 4.62. The van der Waals surface area contributed by atoms with Crippen LogP contribution in [0.2, 0.25) is 0 Å². The van der Waals surface area contributed by atoms with Gasteiger partial charge < -0.3 is 10.4 Å². The van der Waals surface area contributed by atoms with Gasteiger partial charge in [-0.1, -0.05) is 26.0 Å². The summed E-state index contributed by atoms with van der Waals surface area (Å²) in [6, 6.07) is 6.76. The van der Waals surface area contributed by atoms with Crippen molar-refractivity contribution in [3.63, 3.8) is 0 Å². The van der Waals surface area contributed by atoms with Crippen LogP contribution in [0.15, 0.2) is 18.2 Å². The van der Waals surface area contributed by atoms with Crippen LogP contribution in [-0.2, 0) is 6.42 Å². The van der Waals surface area contributed by atoms with Gasteiger partial charge in [0.2, 0.25) is 0 Å². The van der Waals surface area contributed by atoms with Gasteiger partial charge in [0.05, 0.1) is 12.6 Å². The van der Waals surface area contributed by atoms with Crippen molar-refractivity contribution in [2.45, 2.75) is 32.2 Å². The second-order valence-corrected chi connectivity index (χ2v) is 4.30. The maximum absolute atomic E-state index is 9.05. The molecule has 0 spiro atoms. The van der Waals surface area contributed by atoms with Crippen LogP contribution >= 0.6 is 0 Å². The van der Waals surface area contributed by atoms with Crippen molar-refractivity contribution in [3.05, 3.63) is 29.3 Å². The van der Waals surface area contributed by atoms with E-state index in [0.717, 1.165) is 6.42 Å². The molecule has 2 rings (SSSR count). The monoisotopic (exact) mass is 191 g/mol. The zero-order valence-corrected chi connectivity index (χ0v) is 8.75. The second kappa shape index (κ2) is 3.62. The first kappa shape index (κ1) is 9.53. The molecule has 2 nitrogen and oxygen atoms in total. The third-order valence-electron chi connectivity index (χ3n) is 2.84. The molecule has 0 aromatic heterocycles. The molecule has 0 saturated heterocycles. The van der Waals surface area contributed by atoms with Crippen LogP contribution in [0.3, 0.4) is 0 Å². The lowest BCUT2D eigenvalue weighted by atomic mass is 9.99. The predicted octanol–water partition coefficient (Wildman–Crippen LogP) is 2.14. The molecular formula is C12H17NO. The number of aliphatic hydroxyl groups excluding tert-OH is 1. The van der Waals surface area contributed by atoms with Crippen LogP contribution in [0.25, 0.3) is 0 Å². The van der Waals surface area contributed by atoms with Crippen LogP contribution < -0.4 is 5.32 Å². The maximum Gasteiger partial charge on any atom is 0.0636 e. The average Bonchev–Trinajstić information content (AvgIpc) is 2.58. The number of rotatable bonds is 2. The lowest BCUT2D eigenvalue weighted by molar-refractivity contribution is 0.277. The molecule has 1 heterocycles. The minimum absolute atomic E-state index is 0.214. The van der Waals surface area contributed by atoms with Crippen molar-refractivity contribution < 1.29 is 5.11 Å². The molecule has 1 aromatic rings. The van der Waals surface area contributed by atoms with Gasteiger partial charge in [0, 0.05) is 5.69 Å². The van der Waals surface area contributed by atoms with Gasteiger partial charge in [0.1, 0.15) is 0 Å². The molecule has 0 amide bonds. The standard InChI is InChI=1S/C12H17NO/c1-8(2)9-3-4-12-10(5-9)6-11(7-14)13-12/h3-5,8,11,13-14H,6-7H2,1-2H3. The van der Waals surface area contributed by atoms with E-state index in [0.29, 0.717) is 5.92 Å². The highest BCUT2D eigenvalue weighted by Gasteiger charge is 2.19. The molecule has 0 saturated carbocycles. The number of hydrogen-bond acceptors (Lipinski definition) is 2. The van der Waals surface area contributed by atoms with E-state index in [-0.39, 0.29) is 12.6 Å². The summed E-state index contributed by atoms with van der Waals surface area (Å²) in [5.74, 6) is 0.577. The van der Waals surface area contributed by atoms with Gasteiger partial charge in [0.15, 0.2) is 0 Å². The Balaban J connectivity index is 2.26. The average molecular weight is 191 g/mol. The Hall–Kier alpha value is -1.02. The Morgan fingerprint density at radius 2 is 2.29 bits per heavy atom. The van der Waals surface area contributed by atoms with Gasteiger partial charge in [-0.15, -0.1) is 0 Å². The van der Waals surface area contributed by atoms with Gasteiger partial charge in [0.25, 0.3) is 0 Å². The van der Waals surface area contributed by atoms with E-state index in [9.17, 15) is 0 Å². The molecule has 1 unspecified atom stereocenters. The SMILES string of the molecule is CC(C)c1ccc2c(c1)CC(CO)N2. The Labute approximate surface area is 85.0 Å².